The molecule has 1 aromatic carbocycles. The predicted octanol–water partition coefficient (Wildman–Crippen LogP) is 1.34. The molecule has 1 aromatic rings. The van der Waals surface area contributed by atoms with Gasteiger partial charge in [0.2, 0.25) is 11.8 Å². The Morgan fingerprint density at radius 1 is 1.33 bits per heavy atom. The van der Waals surface area contributed by atoms with Gasteiger partial charge in [-0.25, -0.2) is 8.78 Å². The van der Waals surface area contributed by atoms with Crippen molar-refractivity contribution in [2.24, 2.45) is 5.73 Å². The van der Waals surface area contributed by atoms with Gasteiger partial charge >= 0.3 is 0 Å². The van der Waals surface area contributed by atoms with Crippen LogP contribution in [0.25, 0.3) is 0 Å². The molecule has 1 saturated heterocycles. The number of carbonyl (C=O) groups excluding carboxylic acids is 2. The number of hydrogen-bond acceptors (Lipinski definition) is 3. The highest BCUT2D eigenvalue weighted by Crippen LogP contribution is 2.13. The zero-order valence-electron chi connectivity index (χ0n) is 13.5. The highest BCUT2D eigenvalue weighted by molar-refractivity contribution is 5.85. The van der Waals surface area contributed by atoms with Crippen molar-refractivity contribution in [1.82, 2.24) is 9.80 Å². The van der Waals surface area contributed by atoms with Gasteiger partial charge in [0.05, 0.1) is 6.54 Å². The number of halogens is 3. The number of nitrogens with two attached hydrogens (primary N) is 1. The molecular formula is C16H22ClF2N3O2. The summed E-state index contributed by atoms with van der Waals surface area (Å²) in [6.45, 7) is 1.15. The summed E-state index contributed by atoms with van der Waals surface area (Å²) in [5.41, 5.74) is 6.05. The largest absolute Gasteiger partial charge is 0.344 e. The number of hydrogen-bond donors (Lipinski definition) is 1. The van der Waals surface area contributed by atoms with E-state index < -0.39 is 17.7 Å². The van der Waals surface area contributed by atoms with Gasteiger partial charge in [0.1, 0.15) is 11.6 Å². The van der Waals surface area contributed by atoms with Crippen LogP contribution in [0.15, 0.2) is 18.2 Å². The molecule has 1 aliphatic rings. The summed E-state index contributed by atoms with van der Waals surface area (Å²) in [5.74, 6) is -1.43. The van der Waals surface area contributed by atoms with Gasteiger partial charge in [0.25, 0.3) is 0 Å². The Bertz CT molecular complexity index is 601. The second kappa shape index (κ2) is 8.94. The summed E-state index contributed by atoms with van der Waals surface area (Å²) in [6.07, 6.45) is 0.770. The predicted molar refractivity (Wildman–Crippen MR) is 88.7 cm³/mol. The van der Waals surface area contributed by atoms with Crippen LogP contribution in [0.4, 0.5) is 8.78 Å². The van der Waals surface area contributed by atoms with Gasteiger partial charge < -0.3 is 15.5 Å². The first-order chi connectivity index (χ1) is 10.9. The molecule has 2 N–H and O–H groups in total. The number of amides is 2. The molecule has 24 heavy (non-hydrogen) atoms. The van der Waals surface area contributed by atoms with E-state index in [1.807, 2.05) is 0 Å². The average molecular weight is 362 g/mol. The van der Waals surface area contributed by atoms with Crippen LogP contribution in [0.2, 0.25) is 0 Å². The third-order valence-electron chi connectivity index (χ3n) is 3.95. The van der Waals surface area contributed by atoms with Crippen LogP contribution in [0.3, 0.4) is 0 Å². The molecule has 0 aliphatic carbocycles. The van der Waals surface area contributed by atoms with Crippen molar-refractivity contribution >= 4 is 24.2 Å². The van der Waals surface area contributed by atoms with Crippen LogP contribution in [-0.2, 0) is 16.0 Å². The molecule has 0 spiro atoms. The molecular weight excluding hydrogens is 340 g/mol. The van der Waals surface area contributed by atoms with Crippen LogP contribution in [0.5, 0.6) is 0 Å². The molecule has 1 heterocycles. The molecule has 1 aliphatic heterocycles. The molecule has 1 fully saturated rings. The van der Waals surface area contributed by atoms with Gasteiger partial charge in [0, 0.05) is 32.6 Å². The van der Waals surface area contributed by atoms with E-state index in [0.29, 0.717) is 19.5 Å². The van der Waals surface area contributed by atoms with Gasteiger partial charge in [-0.3, -0.25) is 9.59 Å². The first-order valence-corrected chi connectivity index (χ1v) is 7.58. The zero-order chi connectivity index (χ0) is 17.0. The zero-order valence-corrected chi connectivity index (χ0v) is 14.3. The molecule has 0 unspecified atom stereocenters. The fourth-order valence-electron chi connectivity index (χ4n) is 2.61. The summed E-state index contributed by atoms with van der Waals surface area (Å²) in [5, 5.41) is 0. The number of benzene rings is 1. The maximum Gasteiger partial charge on any atom is 0.241 e. The SMILES string of the molecule is CN1CCCN(C(=O)C[C@H](N)Cc2cc(F)ccc2F)CC1=O.Cl. The third kappa shape index (κ3) is 5.42. The Hall–Kier alpha value is -1.73. The summed E-state index contributed by atoms with van der Waals surface area (Å²) < 4.78 is 26.8. The highest BCUT2D eigenvalue weighted by atomic mass is 35.5. The highest BCUT2D eigenvalue weighted by Gasteiger charge is 2.24. The van der Waals surface area contributed by atoms with Gasteiger partial charge in [-0.15, -0.1) is 12.4 Å². The molecule has 0 radical (unpaired) electrons. The fourth-order valence-corrected chi connectivity index (χ4v) is 2.61. The lowest BCUT2D eigenvalue weighted by Crippen LogP contribution is -2.40. The summed E-state index contributed by atoms with van der Waals surface area (Å²) in [7, 11) is 1.70. The molecule has 8 heteroatoms. The van der Waals surface area contributed by atoms with Crippen LogP contribution < -0.4 is 5.73 Å². The number of likely N-dealkylation sites (N-methyl/N-ethyl adjacent to an activating group) is 1. The van der Waals surface area contributed by atoms with E-state index in [-0.39, 0.29) is 49.2 Å². The summed E-state index contributed by atoms with van der Waals surface area (Å²) >= 11 is 0. The van der Waals surface area contributed by atoms with Crippen molar-refractivity contribution < 1.29 is 18.4 Å². The van der Waals surface area contributed by atoms with Gasteiger partial charge in [0.15, 0.2) is 0 Å². The normalized spacial score (nSPS) is 16.4. The molecule has 5 nitrogen and oxygen atoms in total. The molecule has 2 amide bonds. The van der Waals surface area contributed by atoms with Crippen LogP contribution in [0.1, 0.15) is 18.4 Å². The second-order valence-electron chi connectivity index (χ2n) is 5.89. The minimum absolute atomic E-state index is 0. The lowest BCUT2D eigenvalue weighted by atomic mass is 10.0. The van der Waals surface area contributed by atoms with Crippen molar-refractivity contribution in [3.8, 4) is 0 Å². The van der Waals surface area contributed by atoms with Gasteiger partial charge in [-0.2, -0.15) is 0 Å². The quantitative estimate of drug-likeness (QED) is 0.880. The van der Waals surface area contributed by atoms with Gasteiger partial charge in [-0.05, 0) is 36.6 Å². The lowest BCUT2D eigenvalue weighted by Gasteiger charge is -2.22. The minimum Gasteiger partial charge on any atom is -0.344 e. The Kier molecular flexibility index (Phi) is 7.57. The standard InChI is InChI=1S/C16H21F2N3O2.ClH/c1-20-5-2-6-21(10-16(20)23)15(22)9-13(19)8-11-7-12(17)3-4-14(11)18;/h3-4,7,13H,2,5-6,8-10,19H2,1H3;1H/t13-;/m1./s1. The molecule has 0 bridgehead atoms. The van der Waals surface area contributed by atoms with Crippen LogP contribution in [0, 0.1) is 11.6 Å². The molecule has 0 saturated carbocycles. The van der Waals surface area contributed by atoms with Gasteiger partial charge in [-0.1, -0.05) is 0 Å². The number of carbonyl (C=O) groups is 2. The molecule has 134 valence electrons. The van der Waals surface area contributed by atoms with E-state index in [2.05, 4.69) is 0 Å². The van der Waals surface area contributed by atoms with E-state index in [9.17, 15) is 18.4 Å². The van der Waals surface area contributed by atoms with Crippen molar-refractivity contribution in [2.45, 2.75) is 25.3 Å². The molecule has 0 aromatic heterocycles. The van der Waals surface area contributed by atoms with E-state index in [1.165, 1.54) is 4.90 Å². The summed E-state index contributed by atoms with van der Waals surface area (Å²) in [6, 6.07) is 2.54. The Morgan fingerprint density at radius 2 is 2.04 bits per heavy atom. The number of nitrogens with zero attached hydrogens (tertiary/aromatic N) is 2. The third-order valence-corrected chi connectivity index (χ3v) is 3.95. The van der Waals surface area contributed by atoms with E-state index >= 15 is 0 Å². The first kappa shape index (κ1) is 20.3. The smallest absolute Gasteiger partial charge is 0.241 e. The Balaban J connectivity index is 0.00000288. The fraction of sp³-hybridized carbons (Fsp3) is 0.500. The monoisotopic (exact) mass is 361 g/mol. The van der Waals surface area contributed by atoms with Crippen molar-refractivity contribution in [3.63, 3.8) is 0 Å². The van der Waals surface area contributed by atoms with Crippen molar-refractivity contribution in [3.05, 3.63) is 35.4 Å². The van der Waals surface area contributed by atoms with E-state index in [0.717, 1.165) is 18.2 Å². The number of rotatable bonds is 4. The maximum atomic E-state index is 13.6. The molecule has 2 rings (SSSR count). The first-order valence-electron chi connectivity index (χ1n) is 7.58. The van der Waals surface area contributed by atoms with Crippen molar-refractivity contribution in [2.75, 3.05) is 26.7 Å². The van der Waals surface area contributed by atoms with E-state index in [4.69, 9.17) is 5.73 Å². The second-order valence-corrected chi connectivity index (χ2v) is 5.89. The van der Waals surface area contributed by atoms with E-state index in [1.54, 1.807) is 11.9 Å². The van der Waals surface area contributed by atoms with Crippen LogP contribution in [-0.4, -0.2) is 54.3 Å². The average Bonchev–Trinajstić information content (AvgIpc) is 2.65. The van der Waals surface area contributed by atoms with Crippen molar-refractivity contribution in [1.29, 1.82) is 0 Å². The Labute approximate surface area is 146 Å². The van der Waals surface area contributed by atoms with Crippen LogP contribution >= 0.6 is 12.4 Å². The maximum absolute atomic E-state index is 13.6. The molecule has 1 atom stereocenters. The Morgan fingerprint density at radius 3 is 2.75 bits per heavy atom. The minimum atomic E-state index is -0.630. The topological polar surface area (TPSA) is 66.6 Å². The summed E-state index contributed by atoms with van der Waals surface area (Å²) in [4.78, 5) is 27.1. The lowest BCUT2D eigenvalue weighted by molar-refractivity contribution is -0.138.